The highest BCUT2D eigenvalue weighted by molar-refractivity contribution is 7.99. The minimum Gasteiger partial charge on any atom is -0.326 e. The van der Waals surface area contributed by atoms with Crippen LogP contribution in [0.3, 0.4) is 0 Å². The Balaban J connectivity index is 1.36. The van der Waals surface area contributed by atoms with E-state index >= 15 is 0 Å². The summed E-state index contributed by atoms with van der Waals surface area (Å²) >= 11 is 1.52. The third-order valence-corrected chi connectivity index (χ3v) is 7.84. The molecule has 2 aliphatic rings. The van der Waals surface area contributed by atoms with Crippen LogP contribution in [0.5, 0.6) is 0 Å². The van der Waals surface area contributed by atoms with Gasteiger partial charge in [-0.15, -0.1) is 0 Å². The molecule has 0 radical (unpaired) electrons. The summed E-state index contributed by atoms with van der Waals surface area (Å²) in [6.07, 6.45) is 0.184. The summed E-state index contributed by atoms with van der Waals surface area (Å²) in [4.78, 5) is 44.1. The molecule has 1 atom stereocenters. The zero-order valence-electron chi connectivity index (χ0n) is 20.0. The van der Waals surface area contributed by atoms with Crippen molar-refractivity contribution in [2.24, 2.45) is 5.92 Å². The highest BCUT2D eigenvalue weighted by atomic mass is 32.2. The second-order valence-electron chi connectivity index (χ2n) is 8.99. The van der Waals surface area contributed by atoms with Crippen LogP contribution in [0.2, 0.25) is 0 Å². The van der Waals surface area contributed by atoms with Gasteiger partial charge in [0.1, 0.15) is 0 Å². The quantitative estimate of drug-likeness (QED) is 0.535. The molecule has 0 aromatic heterocycles. The van der Waals surface area contributed by atoms with E-state index in [0.29, 0.717) is 24.3 Å². The van der Waals surface area contributed by atoms with Crippen LogP contribution in [-0.2, 0) is 9.59 Å². The first-order chi connectivity index (χ1) is 16.9. The molecule has 0 aliphatic carbocycles. The van der Waals surface area contributed by atoms with Gasteiger partial charge in [0.15, 0.2) is 0 Å². The van der Waals surface area contributed by atoms with Crippen LogP contribution in [0, 0.1) is 19.8 Å². The van der Waals surface area contributed by atoms with Crippen molar-refractivity contribution < 1.29 is 14.4 Å². The van der Waals surface area contributed by atoms with Crippen LogP contribution in [0.15, 0.2) is 70.5 Å². The standard InChI is InChI=1S/C28H27N3O3S/c1-4-30-23-12-10-20(15-25(23)35-24-8-6-5-7-22(24)28(30)34)29-27(33)19-14-26(32)31(16-19)21-11-9-17(2)18(3)13-21/h5-13,15,19H,4,14,16H2,1-3H3,(H,29,33)/t19-/m1/s1. The van der Waals surface area contributed by atoms with Gasteiger partial charge < -0.3 is 15.1 Å². The number of nitrogens with zero attached hydrogens (tertiary/aromatic N) is 2. The Hall–Kier alpha value is -3.58. The number of hydrogen-bond donors (Lipinski definition) is 1. The molecule has 0 bridgehead atoms. The predicted molar refractivity (Wildman–Crippen MR) is 139 cm³/mol. The summed E-state index contributed by atoms with van der Waals surface area (Å²) in [7, 11) is 0. The first-order valence-electron chi connectivity index (χ1n) is 11.8. The summed E-state index contributed by atoms with van der Waals surface area (Å²) in [6.45, 7) is 6.91. The average molecular weight is 486 g/mol. The number of amides is 3. The van der Waals surface area contributed by atoms with Crippen molar-refractivity contribution in [3.05, 3.63) is 77.4 Å². The van der Waals surface area contributed by atoms with Crippen LogP contribution in [0.1, 0.15) is 34.8 Å². The molecule has 3 aromatic rings. The number of rotatable bonds is 4. The molecule has 1 fully saturated rings. The van der Waals surface area contributed by atoms with Crippen molar-refractivity contribution in [2.45, 2.75) is 37.0 Å². The Bertz CT molecular complexity index is 1350. The molecule has 0 unspecified atom stereocenters. The van der Waals surface area contributed by atoms with Gasteiger partial charge in [-0.25, -0.2) is 0 Å². The highest BCUT2D eigenvalue weighted by Gasteiger charge is 2.35. The van der Waals surface area contributed by atoms with Crippen LogP contribution in [-0.4, -0.2) is 30.8 Å². The first-order valence-corrected chi connectivity index (χ1v) is 12.6. The molecular weight excluding hydrogens is 458 g/mol. The van der Waals surface area contributed by atoms with E-state index in [9.17, 15) is 14.4 Å². The van der Waals surface area contributed by atoms with E-state index in [1.54, 1.807) is 9.80 Å². The lowest BCUT2D eigenvalue weighted by Crippen LogP contribution is -2.30. The molecule has 7 heteroatoms. The van der Waals surface area contributed by atoms with Crippen molar-refractivity contribution in [1.82, 2.24) is 0 Å². The van der Waals surface area contributed by atoms with Gasteiger partial charge in [-0.2, -0.15) is 0 Å². The van der Waals surface area contributed by atoms with Crippen LogP contribution < -0.4 is 15.1 Å². The molecule has 0 spiro atoms. The van der Waals surface area contributed by atoms with E-state index in [-0.39, 0.29) is 24.1 Å². The van der Waals surface area contributed by atoms with Crippen LogP contribution in [0.25, 0.3) is 0 Å². The number of benzene rings is 3. The minimum atomic E-state index is -0.426. The Morgan fingerprint density at radius 1 is 1.00 bits per heavy atom. The molecule has 35 heavy (non-hydrogen) atoms. The Morgan fingerprint density at radius 2 is 1.80 bits per heavy atom. The van der Waals surface area contributed by atoms with Crippen molar-refractivity contribution in [3.63, 3.8) is 0 Å². The zero-order chi connectivity index (χ0) is 24.7. The summed E-state index contributed by atoms with van der Waals surface area (Å²) in [6, 6.07) is 19.1. The molecule has 3 aromatic carbocycles. The monoisotopic (exact) mass is 485 g/mol. The molecule has 0 saturated carbocycles. The first kappa shape index (κ1) is 23.2. The Kier molecular flexibility index (Phi) is 6.11. The van der Waals surface area contributed by atoms with E-state index in [2.05, 4.69) is 5.32 Å². The number of nitrogens with one attached hydrogen (secondary N) is 1. The zero-order valence-corrected chi connectivity index (χ0v) is 20.8. The van der Waals surface area contributed by atoms with Crippen LogP contribution in [0.4, 0.5) is 17.1 Å². The van der Waals surface area contributed by atoms with Crippen LogP contribution >= 0.6 is 11.8 Å². The van der Waals surface area contributed by atoms with Crippen molar-refractivity contribution >= 4 is 46.5 Å². The summed E-state index contributed by atoms with van der Waals surface area (Å²) < 4.78 is 0. The second-order valence-corrected chi connectivity index (χ2v) is 10.1. The van der Waals surface area contributed by atoms with Gasteiger partial charge in [0.05, 0.1) is 17.2 Å². The van der Waals surface area contributed by atoms with Gasteiger partial charge in [0.25, 0.3) is 5.91 Å². The average Bonchev–Trinajstić information content (AvgIpc) is 3.19. The number of anilines is 3. The lowest BCUT2D eigenvalue weighted by atomic mass is 10.1. The molecule has 2 heterocycles. The summed E-state index contributed by atoms with van der Waals surface area (Å²) in [5.74, 6) is -0.668. The highest BCUT2D eigenvalue weighted by Crippen LogP contribution is 2.42. The minimum absolute atomic E-state index is 0.0259. The van der Waals surface area contributed by atoms with Crippen molar-refractivity contribution in [1.29, 1.82) is 0 Å². The summed E-state index contributed by atoms with van der Waals surface area (Å²) in [5.41, 5.74) is 5.28. The number of carbonyl (C=O) groups excluding carboxylic acids is 3. The fraction of sp³-hybridized carbons (Fsp3) is 0.250. The third-order valence-electron chi connectivity index (χ3n) is 6.71. The van der Waals surface area contributed by atoms with E-state index < -0.39 is 5.92 Å². The maximum atomic E-state index is 13.1. The van der Waals surface area contributed by atoms with Gasteiger partial charge in [-0.3, -0.25) is 14.4 Å². The molecule has 5 rings (SSSR count). The topological polar surface area (TPSA) is 69.7 Å². The van der Waals surface area contributed by atoms with Gasteiger partial charge >= 0.3 is 0 Å². The molecule has 178 valence electrons. The second kappa shape index (κ2) is 9.23. The predicted octanol–water partition coefficient (Wildman–Crippen LogP) is 5.43. The third kappa shape index (κ3) is 4.32. The van der Waals surface area contributed by atoms with Crippen molar-refractivity contribution in [2.75, 3.05) is 28.2 Å². The number of carbonyl (C=O) groups is 3. The lowest BCUT2D eigenvalue weighted by molar-refractivity contribution is -0.122. The van der Waals surface area contributed by atoms with Gasteiger partial charge in [0.2, 0.25) is 11.8 Å². The van der Waals surface area contributed by atoms with Crippen molar-refractivity contribution in [3.8, 4) is 0 Å². The van der Waals surface area contributed by atoms with Gasteiger partial charge in [-0.05, 0) is 74.4 Å². The van der Waals surface area contributed by atoms with Gasteiger partial charge in [-0.1, -0.05) is 30.0 Å². The van der Waals surface area contributed by atoms with E-state index in [4.69, 9.17) is 0 Å². The van der Waals surface area contributed by atoms with E-state index in [0.717, 1.165) is 26.7 Å². The maximum Gasteiger partial charge on any atom is 0.259 e. The number of fused-ring (bicyclic) bond motifs is 2. The number of hydrogen-bond acceptors (Lipinski definition) is 4. The molecule has 1 N–H and O–H groups in total. The molecule has 3 amide bonds. The molecule has 6 nitrogen and oxygen atoms in total. The Morgan fingerprint density at radius 3 is 2.57 bits per heavy atom. The smallest absolute Gasteiger partial charge is 0.259 e. The molecule has 2 aliphatic heterocycles. The molecular formula is C28H27N3O3S. The summed E-state index contributed by atoms with van der Waals surface area (Å²) in [5, 5.41) is 3.00. The maximum absolute atomic E-state index is 13.1. The largest absolute Gasteiger partial charge is 0.326 e. The Labute approximate surface area is 209 Å². The van der Waals surface area contributed by atoms with E-state index in [1.807, 2.05) is 81.4 Å². The van der Waals surface area contributed by atoms with E-state index in [1.165, 1.54) is 17.3 Å². The number of aryl methyl sites for hydroxylation is 2. The van der Waals surface area contributed by atoms with Gasteiger partial charge in [0, 0.05) is 40.7 Å². The SMILES string of the molecule is CCN1C(=O)c2ccccc2Sc2cc(NC(=O)[C@@H]3CC(=O)N(c4ccc(C)c(C)c4)C3)ccc21. The fourth-order valence-corrected chi connectivity index (χ4v) is 5.70. The fourth-order valence-electron chi connectivity index (χ4n) is 4.59. The normalized spacial score (nSPS) is 17.2. The lowest BCUT2D eigenvalue weighted by Gasteiger charge is -2.22. The molecule has 1 saturated heterocycles.